The fourth-order valence-electron chi connectivity index (χ4n) is 2.94. The summed E-state index contributed by atoms with van der Waals surface area (Å²) >= 11 is 1.41. The Morgan fingerprint density at radius 3 is 1.97 bits per heavy atom. The molecule has 11 nitrogen and oxygen atoms in total. The first-order chi connectivity index (χ1) is 16.0. The summed E-state index contributed by atoms with van der Waals surface area (Å²) in [4.78, 5) is 60.5. The lowest BCUT2D eigenvalue weighted by atomic mass is 10.0. The molecule has 0 aliphatic rings. The van der Waals surface area contributed by atoms with E-state index in [9.17, 15) is 29.1 Å². The van der Waals surface area contributed by atoms with Gasteiger partial charge in [-0.2, -0.15) is 11.8 Å². The van der Waals surface area contributed by atoms with Crippen molar-refractivity contribution in [2.24, 2.45) is 5.73 Å². The molecule has 188 valence electrons. The lowest BCUT2D eigenvalue weighted by Crippen LogP contribution is -2.57. The van der Waals surface area contributed by atoms with Gasteiger partial charge < -0.3 is 31.9 Å². The Balaban J connectivity index is 3.05. The largest absolute Gasteiger partial charge is 0.481 e. The molecule has 0 heterocycles. The van der Waals surface area contributed by atoms with Crippen molar-refractivity contribution < 1.29 is 34.2 Å². The smallest absolute Gasteiger partial charge is 0.326 e. The third-order valence-electron chi connectivity index (χ3n) is 4.83. The average Bonchev–Trinajstić information content (AvgIpc) is 2.78. The third-order valence-corrected chi connectivity index (χ3v) is 5.48. The predicted molar refractivity (Wildman–Crippen MR) is 127 cm³/mol. The Kier molecular flexibility index (Phi) is 12.7. The van der Waals surface area contributed by atoms with Gasteiger partial charge in [0, 0.05) is 12.8 Å². The number of benzene rings is 1. The van der Waals surface area contributed by atoms with E-state index in [-0.39, 0.29) is 19.3 Å². The van der Waals surface area contributed by atoms with E-state index in [1.807, 2.05) is 0 Å². The van der Waals surface area contributed by atoms with Crippen molar-refractivity contribution in [3.05, 3.63) is 35.9 Å². The van der Waals surface area contributed by atoms with Crippen LogP contribution in [-0.4, -0.2) is 76.0 Å². The normalized spacial score (nSPS) is 14.2. The number of amides is 3. The molecule has 1 rings (SSSR count). The zero-order chi connectivity index (χ0) is 25.7. The summed E-state index contributed by atoms with van der Waals surface area (Å²) in [6.45, 7) is 1.45. The second-order valence-electron chi connectivity index (χ2n) is 7.71. The highest BCUT2D eigenvalue weighted by atomic mass is 32.2. The van der Waals surface area contributed by atoms with Gasteiger partial charge in [-0.15, -0.1) is 0 Å². The maximum Gasteiger partial charge on any atom is 0.326 e. The number of nitrogens with one attached hydrogen (secondary N) is 3. The van der Waals surface area contributed by atoms with Crippen LogP contribution in [0.3, 0.4) is 0 Å². The lowest BCUT2D eigenvalue weighted by molar-refractivity contribution is -0.143. The second kappa shape index (κ2) is 14.9. The zero-order valence-corrected chi connectivity index (χ0v) is 20.0. The van der Waals surface area contributed by atoms with Gasteiger partial charge in [0.2, 0.25) is 17.7 Å². The minimum atomic E-state index is -1.31. The molecule has 0 aromatic heterocycles. The molecule has 0 radical (unpaired) electrons. The van der Waals surface area contributed by atoms with Crippen LogP contribution in [0.1, 0.15) is 31.7 Å². The van der Waals surface area contributed by atoms with E-state index in [0.717, 1.165) is 5.56 Å². The van der Waals surface area contributed by atoms with Crippen LogP contribution in [-0.2, 0) is 30.4 Å². The molecule has 4 unspecified atom stereocenters. The van der Waals surface area contributed by atoms with E-state index in [1.165, 1.54) is 18.7 Å². The summed E-state index contributed by atoms with van der Waals surface area (Å²) in [5, 5.41) is 25.8. The third kappa shape index (κ3) is 10.7. The molecular formula is C22H32N4O7S. The number of hydrogen-bond acceptors (Lipinski definition) is 7. The quantitative estimate of drug-likeness (QED) is 0.190. The summed E-state index contributed by atoms with van der Waals surface area (Å²) < 4.78 is 0. The maximum atomic E-state index is 13.0. The Bertz CT molecular complexity index is 851. The van der Waals surface area contributed by atoms with Gasteiger partial charge in [0.05, 0.1) is 6.04 Å². The van der Waals surface area contributed by atoms with Gasteiger partial charge >= 0.3 is 11.9 Å². The number of carboxylic acid groups (broad SMARTS) is 2. The van der Waals surface area contributed by atoms with Crippen molar-refractivity contribution in [2.45, 2.75) is 56.8 Å². The van der Waals surface area contributed by atoms with E-state index in [4.69, 9.17) is 10.8 Å². The fourth-order valence-corrected chi connectivity index (χ4v) is 3.41. The molecule has 12 heteroatoms. The summed E-state index contributed by atoms with van der Waals surface area (Å²) in [5.74, 6) is -4.07. The van der Waals surface area contributed by atoms with Crippen molar-refractivity contribution in [1.29, 1.82) is 0 Å². The van der Waals surface area contributed by atoms with Gasteiger partial charge in [-0.1, -0.05) is 30.3 Å². The highest BCUT2D eigenvalue weighted by molar-refractivity contribution is 7.98. The molecule has 0 spiro atoms. The van der Waals surface area contributed by atoms with Crippen LogP contribution in [0.2, 0.25) is 0 Å². The Labute approximate surface area is 202 Å². The van der Waals surface area contributed by atoms with Gasteiger partial charge in [0.15, 0.2) is 0 Å². The lowest BCUT2D eigenvalue weighted by Gasteiger charge is -2.25. The number of nitrogens with two attached hydrogens (primary N) is 1. The van der Waals surface area contributed by atoms with Crippen LogP contribution in [0, 0.1) is 0 Å². The van der Waals surface area contributed by atoms with Crippen LogP contribution in [0.25, 0.3) is 0 Å². The van der Waals surface area contributed by atoms with E-state index in [2.05, 4.69) is 16.0 Å². The first-order valence-corrected chi connectivity index (χ1v) is 12.1. The first kappa shape index (κ1) is 28.9. The SMILES string of the molecule is CSCCC(NC(=O)C(CCC(=O)O)NC(=O)C(Cc1ccccc1)NC(=O)C(C)N)C(=O)O. The topological polar surface area (TPSA) is 188 Å². The van der Waals surface area contributed by atoms with Gasteiger partial charge in [-0.05, 0) is 37.3 Å². The first-order valence-electron chi connectivity index (χ1n) is 10.7. The summed E-state index contributed by atoms with van der Waals surface area (Å²) in [7, 11) is 0. The number of rotatable bonds is 15. The number of hydrogen-bond donors (Lipinski definition) is 6. The van der Waals surface area contributed by atoms with Gasteiger partial charge in [-0.25, -0.2) is 4.79 Å². The van der Waals surface area contributed by atoms with E-state index >= 15 is 0 Å². The van der Waals surface area contributed by atoms with Crippen LogP contribution in [0.15, 0.2) is 30.3 Å². The van der Waals surface area contributed by atoms with E-state index in [0.29, 0.717) is 5.75 Å². The molecule has 7 N–H and O–H groups in total. The van der Waals surface area contributed by atoms with Crippen LogP contribution in [0.4, 0.5) is 0 Å². The standard InChI is InChI=1S/C22H32N4O7S/c1-13(23)19(29)26-17(12-14-6-4-3-5-7-14)21(31)24-15(8-9-18(27)28)20(30)25-16(22(32)33)10-11-34-2/h3-7,13,15-17H,8-12,23H2,1-2H3,(H,24,31)(H,25,30)(H,26,29)(H,27,28)(H,32,33). The van der Waals surface area contributed by atoms with Crippen molar-refractivity contribution in [1.82, 2.24) is 16.0 Å². The summed E-state index contributed by atoms with van der Waals surface area (Å²) in [6, 6.07) is 4.36. The average molecular weight is 497 g/mol. The second-order valence-corrected chi connectivity index (χ2v) is 8.70. The Hall–Kier alpha value is -3.12. The van der Waals surface area contributed by atoms with Gasteiger partial charge in [-0.3, -0.25) is 19.2 Å². The molecule has 0 saturated carbocycles. The number of thioether (sulfide) groups is 1. The van der Waals surface area contributed by atoms with Crippen molar-refractivity contribution in [3.63, 3.8) is 0 Å². The molecule has 0 aliphatic carbocycles. The monoisotopic (exact) mass is 496 g/mol. The van der Waals surface area contributed by atoms with E-state index < -0.39 is 60.2 Å². The van der Waals surface area contributed by atoms with Crippen LogP contribution >= 0.6 is 11.8 Å². The molecule has 0 saturated heterocycles. The van der Waals surface area contributed by atoms with Crippen molar-refractivity contribution in [3.8, 4) is 0 Å². The fraction of sp³-hybridized carbons (Fsp3) is 0.500. The molecule has 1 aromatic carbocycles. The predicted octanol–water partition coefficient (Wildman–Crippen LogP) is -0.267. The molecule has 0 bridgehead atoms. The molecular weight excluding hydrogens is 464 g/mol. The summed E-state index contributed by atoms with van der Waals surface area (Å²) in [6.07, 6.45) is 1.35. The Morgan fingerprint density at radius 1 is 0.882 bits per heavy atom. The highest BCUT2D eigenvalue weighted by Gasteiger charge is 2.30. The number of carbonyl (C=O) groups excluding carboxylic acids is 3. The minimum absolute atomic E-state index is 0.101. The molecule has 3 amide bonds. The molecule has 4 atom stereocenters. The molecule has 1 aromatic rings. The van der Waals surface area contributed by atoms with E-state index in [1.54, 1.807) is 36.6 Å². The molecule has 0 aliphatic heterocycles. The minimum Gasteiger partial charge on any atom is -0.481 e. The number of carboxylic acids is 2. The number of carbonyl (C=O) groups is 5. The van der Waals surface area contributed by atoms with Crippen molar-refractivity contribution >= 4 is 41.4 Å². The molecule has 0 fully saturated rings. The van der Waals surface area contributed by atoms with Gasteiger partial charge in [0.25, 0.3) is 0 Å². The van der Waals surface area contributed by atoms with Gasteiger partial charge in [0.1, 0.15) is 18.1 Å². The number of aliphatic carboxylic acids is 2. The maximum absolute atomic E-state index is 13.0. The van der Waals surface area contributed by atoms with Crippen LogP contribution < -0.4 is 21.7 Å². The highest BCUT2D eigenvalue weighted by Crippen LogP contribution is 2.07. The molecule has 34 heavy (non-hydrogen) atoms. The summed E-state index contributed by atoms with van der Waals surface area (Å²) in [5.41, 5.74) is 6.34. The van der Waals surface area contributed by atoms with Crippen LogP contribution in [0.5, 0.6) is 0 Å². The van der Waals surface area contributed by atoms with Crippen molar-refractivity contribution in [2.75, 3.05) is 12.0 Å². The zero-order valence-electron chi connectivity index (χ0n) is 19.2. The Morgan fingerprint density at radius 2 is 1.44 bits per heavy atom.